The molecule has 88 valence electrons. The predicted octanol–water partition coefficient (Wildman–Crippen LogP) is -0.380. The van der Waals surface area contributed by atoms with Crippen LogP contribution in [-0.4, -0.2) is 23.2 Å². The Morgan fingerprint density at radius 2 is 1.29 bits per heavy atom. The van der Waals surface area contributed by atoms with Crippen molar-refractivity contribution in [3.63, 3.8) is 0 Å². The molecule has 17 heavy (non-hydrogen) atoms. The Bertz CT molecular complexity index is 452. The molecular formula is C11H12N4O2. The third-order valence-corrected chi connectivity index (χ3v) is 4.38. The van der Waals surface area contributed by atoms with Crippen LogP contribution in [0.1, 0.15) is 19.3 Å². The summed E-state index contributed by atoms with van der Waals surface area (Å²) in [6.45, 7) is 0. The lowest BCUT2D eigenvalue weighted by Gasteiger charge is -2.38. The molecule has 0 radical (unpaired) electrons. The molecule has 2 aliphatic carbocycles. The third kappa shape index (κ3) is 1.10. The van der Waals surface area contributed by atoms with Crippen LogP contribution in [0.2, 0.25) is 0 Å². The standard InChI is InChI=1S/C11H12N4O2/c16-10-6-2-4-1-5(9(6)13-14-10)3-7-8(4)12-15-11(7)17/h4-7H,1-3H2,(H,14,16)(H,15,17)/t4-,5-,6-,7+/m1/s1. The molecule has 2 aliphatic heterocycles. The molecule has 2 fully saturated rings. The van der Waals surface area contributed by atoms with Crippen LogP contribution in [0.25, 0.3) is 0 Å². The molecular weight excluding hydrogens is 220 g/mol. The molecule has 2 bridgehead atoms. The van der Waals surface area contributed by atoms with Gasteiger partial charge in [0.1, 0.15) is 0 Å². The zero-order chi connectivity index (χ0) is 11.6. The molecule has 2 N–H and O–H groups in total. The Hall–Kier alpha value is -1.72. The number of nitrogens with zero attached hydrogens (tertiary/aromatic N) is 2. The van der Waals surface area contributed by atoms with Crippen LogP contribution in [0.3, 0.4) is 0 Å². The van der Waals surface area contributed by atoms with E-state index >= 15 is 0 Å². The van der Waals surface area contributed by atoms with Crippen molar-refractivity contribution < 1.29 is 9.59 Å². The number of hydrogen-bond donors (Lipinski definition) is 2. The molecule has 0 unspecified atom stereocenters. The summed E-state index contributed by atoms with van der Waals surface area (Å²) in [6.07, 6.45) is 2.49. The summed E-state index contributed by atoms with van der Waals surface area (Å²) < 4.78 is 0. The first-order valence-corrected chi connectivity index (χ1v) is 5.98. The van der Waals surface area contributed by atoms with Crippen LogP contribution in [0.4, 0.5) is 0 Å². The van der Waals surface area contributed by atoms with Crippen molar-refractivity contribution in [2.24, 2.45) is 33.9 Å². The maximum absolute atomic E-state index is 11.6. The molecule has 6 heteroatoms. The van der Waals surface area contributed by atoms with Crippen molar-refractivity contribution in [1.29, 1.82) is 0 Å². The third-order valence-electron chi connectivity index (χ3n) is 4.38. The molecule has 0 aromatic carbocycles. The second-order valence-corrected chi connectivity index (χ2v) is 5.23. The van der Waals surface area contributed by atoms with Crippen LogP contribution >= 0.6 is 0 Å². The van der Waals surface area contributed by atoms with Crippen LogP contribution in [-0.2, 0) is 9.59 Å². The van der Waals surface area contributed by atoms with Gasteiger partial charge in [0.25, 0.3) is 0 Å². The first kappa shape index (κ1) is 9.32. The summed E-state index contributed by atoms with van der Waals surface area (Å²) >= 11 is 0. The number of amides is 2. The molecule has 2 saturated carbocycles. The fraction of sp³-hybridized carbons (Fsp3) is 0.636. The highest BCUT2D eigenvalue weighted by Gasteiger charge is 2.51. The Morgan fingerprint density at radius 3 is 1.76 bits per heavy atom. The summed E-state index contributed by atoms with van der Waals surface area (Å²) in [5, 5.41) is 8.29. The number of rotatable bonds is 0. The van der Waals surface area contributed by atoms with Gasteiger partial charge in [-0.05, 0) is 19.3 Å². The highest BCUT2D eigenvalue weighted by atomic mass is 16.2. The SMILES string of the molecule is O=C1NN=C2[C@@H]3C[C@H](C[C@H]12)C1=NNC(=O)[C@@H]1C3. The van der Waals surface area contributed by atoms with E-state index in [4.69, 9.17) is 0 Å². The summed E-state index contributed by atoms with van der Waals surface area (Å²) in [4.78, 5) is 23.3. The minimum Gasteiger partial charge on any atom is -0.272 e. The number of nitrogens with one attached hydrogen (secondary N) is 2. The van der Waals surface area contributed by atoms with E-state index < -0.39 is 0 Å². The van der Waals surface area contributed by atoms with Gasteiger partial charge < -0.3 is 0 Å². The maximum atomic E-state index is 11.6. The van der Waals surface area contributed by atoms with E-state index in [0.717, 1.165) is 30.7 Å². The van der Waals surface area contributed by atoms with Crippen molar-refractivity contribution in [3.05, 3.63) is 0 Å². The Morgan fingerprint density at radius 1 is 0.824 bits per heavy atom. The van der Waals surface area contributed by atoms with Crippen molar-refractivity contribution in [2.45, 2.75) is 19.3 Å². The summed E-state index contributed by atoms with van der Waals surface area (Å²) in [6, 6.07) is 0. The second kappa shape index (κ2) is 2.94. The van der Waals surface area contributed by atoms with Gasteiger partial charge in [-0.3, -0.25) is 9.59 Å². The van der Waals surface area contributed by atoms with Crippen molar-refractivity contribution in [1.82, 2.24) is 10.9 Å². The molecule has 0 aromatic rings. The fourth-order valence-electron chi connectivity index (χ4n) is 3.61. The van der Waals surface area contributed by atoms with E-state index in [1.54, 1.807) is 0 Å². The van der Waals surface area contributed by atoms with E-state index in [2.05, 4.69) is 21.1 Å². The van der Waals surface area contributed by atoms with E-state index in [1.807, 2.05) is 0 Å². The molecule has 0 saturated heterocycles. The van der Waals surface area contributed by atoms with Gasteiger partial charge in [-0.1, -0.05) is 0 Å². The van der Waals surface area contributed by atoms with Gasteiger partial charge in [-0.15, -0.1) is 0 Å². The van der Waals surface area contributed by atoms with E-state index in [0.29, 0.717) is 0 Å². The van der Waals surface area contributed by atoms with Crippen molar-refractivity contribution >= 4 is 23.2 Å². The highest BCUT2D eigenvalue weighted by molar-refractivity contribution is 6.15. The summed E-state index contributed by atoms with van der Waals surface area (Å²) in [5.41, 5.74) is 7.05. The lowest BCUT2D eigenvalue weighted by molar-refractivity contribution is -0.122. The highest BCUT2D eigenvalue weighted by Crippen LogP contribution is 2.44. The van der Waals surface area contributed by atoms with Gasteiger partial charge >= 0.3 is 0 Å². The zero-order valence-corrected chi connectivity index (χ0v) is 9.14. The molecule has 4 aliphatic rings. The summed E-state index contributed by atoms with van der Waals surface area (Å²) in [5.74, 6) is 0.379. The van der Waals surface area contributed by atoms with Gasteiger partial charge in [0.2, 0.25) is 11.8 Å². The topological polar surface area (TPSA) is 82.9 Å². The zero-order valence-electron chi connectivity index (χ0n) is 9.14. The Balaban J connectivity index is 1.73. The average Bonchev–Trinajstić information content (AvgIpc) is 2.86. The molecule has 4 rings (SSSR count). The summed E-state index contributed by atoms with van der Waals surface area (Å²) in [7, 11) is 0. The average molecular weight is 232 g/mol. The minimum atomic E-state index is -0.0851. The fourth-order valence-corrected chi connectivity index (χ4v) is 3.61. The molecule has 0 spiro atoms. The number of fused-ring (bicyclic) bond motifs is 6. The smallest absolute Gasteiger partial charge is 0.248 e. The van der Waals surface area contributed by atoms with Crippen molar-refractivity contribution in [3.8, 4) is 0 Å². The molecule has 2 amide bonds. The Labute approximate surface area is 97.5 Å². The van der Waals surface area contributed by atoms with Crippen LogP contribution < -0.4 is 10.9 Å². The van der Waals surface area contributed by atoms with Gasteiger partial charge in [0.15, 0.2) is 0 Å². The molecule has 4 atom stereocenters. The quantitative estimate of drug-likeness (QED) is 0.596. The molecule has 0 aromatic heterocycles. The number of hydrogen-bond acceptors (Lipinski definition) is 4. The monoisotopic (exact) mass is 232 g/mol. The minimum absolute atomic E-state index is 0.00559. The van der Waals surface area contributed by atoms with Crippen LogP contribution in [0, 0.1) is 23.7 Å². The predicted molar refractivity (Wildman–Crippen MR) is 59.0 cm³/mol. The maximum Gasteiger partial charge on any atom is 0.248 e. The number of carbonyl (C=O) groups is 2. The first-order chi connectivity index (χ1) is 8.24. The van der Waals surface area contributed by atoms with Crippen molar-refractivity contribution in [2.75, 3.05) is 0 Å². The number of carbonyl (C=O) groups excluding carboxylic acids is 2. The van der Waals surface area contributed by atoms with Crippen LogP contribution in [0.5, 0.6) is 0 Å². The number of hydrazone groups is 2. The largest absolute Gasteiger partial charge is 0.272 e. The lowest BCUT2D eigenvalue weighted by atomic mass is 9.63. The normalized spacial score (nSPS) is 42.1. The first-order valence-electron chi connectivity index (χ1n) is 5.98. The van der Waals surface area contributed by atoms with Crippen LogP contribution in [0.15, 0.2) is 10.2 Å². The van der Waals surface area contributed by atoms with E-state index in [1.165, 1.54) is 0 Å². The van der Waals surface area contributed by atoms with Gasteiger partial charge in [-0.2, -0.15) is 10.2 Å². The van der Waals surface area contributed by atoms with Gasteiger partial charge in [-0.25, -0.2) is 10.9 Å². The second-order valence-electron chi connectivity index (χ2n) is 5.23. The Kier molecular flexibility index (Phi) is 1.61. The van der Waals surface area contributed by atoms with E-state index in [-0.39, 0.29) is 35.5 Å². The molecule has 2 heterocycles. The van der Waals surface area contributed by atoms with Gasteiger partial charge in [0.05, 0.1) is 23.3 Å². The lowest BCUT2D eigenvalue weighted by Crippen LogP contribution is -2.45. The van der Waals surface area contributed by atoms with E-state index in [9.17, 15) is 9.59 Å². The van der Waals surface area contributed by atoms with Gasteiger partial charge in [0, 0.05) is 11.8 Å². The molecule has 6 nitrogen and oxygen atoms in total.